The van der Waals surface area contributed by atoms with Crippen LogP contribution in [0.1, 0.15) is 53.9 Å². The Hall–Kier alpha value is -0.210. The summed E-state index contributed by atoms with van der Waals surface area (Å²) in [7, 11) is 0. The zero-order valence-electron chi connectivity index (χ0n) is 14.1. The molecule has 2 nitrogen and oxygen atoms in total. The van der Waals surface area contributed by atoms with Crippen LogP contribution >= 0.6 is 23.2 Å². The second-order valence-electron chi connectivity index (χ2n) is 6.54. The molecular weight excluding hydrogens is 307 g/mol. The maximum absolute atomic E-state index is 11.5. The highest BCUT2D eigenvalue weighted by Gasteiger charge is 2.48. The van der Waals surface area contributed by atoms with Gasteiger partial charge in [0.15, 0.2) is 0 Å². The normalized spacial score (nSPS) is 14.9. The molecule has 1 unspecified atom stereocenters. The van der Waals surface area contributed by atoms with Gasteiger partial charge in [0.05, 0.1) is 6.61 Å². The van der Waals surface area contributed by atoms with E-state index in [1.807, 2.05) is 0 Å². The Balaban J connectivity index is 5.13. The van der Waals surface area contributed by atoms with Crippen LogP contribution in [0, 0.1) is 16.7 Å². The van der Waals surface area contributed by atoms with Crippen LogP contribution in [0.15, 0.2) is 12.2 Å². The Bertz CT molecular complexity index is 349. The molecule has 124 valence electrons. The highest BCUT2D eigenvalue weighted by atomic mass is 35.5. The van der Waals surface area contributed by atoms with Crippen LogP contribution in [-0.2, 0) is 9.53 Å². The van der Waals surface area contributed by atoms with Crippen molar-refractivity contribution < 1.29 is 9.53 Å². The third-order valence-corrected chi connectivity index (χ3v) is 5.95. The summed E-state index contributed by atoms with van der Waals surface area (Å²) in [6.07, 6.45) is 2.76. The van der Waals surface area contributed by atoms with Gasteiger partial charge in [0, 0.05) is 22.7 Å². The molecule has 0 saturated heterocycles. The van der Waals surface area contributed by atoms with Crippen molar-refractivity contribution in [2.45, 2.75) is 53.9 Å². The Labute approximate surface area is 140 Å². The third-order valence-electron chi connectivity index (χ3n) is 4.93. The van der Waals surface area contributed by atoms with Gasteiger partial charge >= 0.3 is 5.97 Å². The lowest BCUT2D eigenvalue weighted by Gasteiger charge is -2.50. The fourth-order valence-electron chi connectivity index (χ4n) is 2.88. The summed E-state index contributed by atoms with van der Waals surface area (Å²) in [5, 5.41) is 0. The van der Waals surface area contributed by atoms with Crippen molar-refractivity contribution in [1.29, 1.82) is 0 Å². The van der Waals surface area contributed by atoms with Crippen LogP contribution in [0.5, 0.6) is 0 Å². The van der Waals surface area contributed by atoms with Crippen molar-refractivity contribution in [3.8, 4) is 0 Å². The maximum Gasteiger partial charge on any atom is 0.333 e. The number of carbonyl (C=O) groups is 1. The van der Waals surface area contributed by atoms with Crippen molar-refractivity contribution in [2.24, 2.45) is 16.7 Å². The molecule has 0 spiro atoms. The van der Waals surface area contributed by atoms with Crippen LogP contribution < -0.4 is 0 Å². The minimum Gasteiger partial charge on any atom is -0.462 e. The van der Waals surface area contributed by atoms with Gasteiger partial charge in [0.25, 0.3) is 0 Å². The summed E-state index contributed by atoms with van der Waals surface area (Å²) in [4.78, 5) is 11.5. The summed E-state index contributed by atoms with van der Waals surface area (Å²) in [5.74, 6) is 1.10. The molecule has 0 aliphatic rings. The van der Waals surface area contributed by atoms with E-state index in [9.17, 15) is 4.79 Å². The highest BCUT2D eigenvalue weighted by molar-refractivity contribution is 6.21. The predicted octanol–water partition coefficient (Wildman–Crippen LogP) is 5.42. The van der Waals surface area contributed by atoms with Crippen molar-refractivity contribution >= 4 is 29.2 Å². The molecule has 0 fully saturated rings. The van der Waals surface area contributed by atoms with Crippen molar-refractivity contribution in [1.82, 2.24) is 0 Å². The zero-order chi connectivity index (χ0) is 16.7. The molecule has 4 heteroatoms. The fourth-order valence-corrected chi connectivity index (χ4v) is 4.05. The first-order valence-corrected chi connectivity index (χ1v) is 8.72. The number of carbonyl (C=O) groups excluding carboxylic acids is 1. The van der Waals surface area contributed by atoms with Crippen molar-refractivity contribution in [2.75, 3.05) is 18.4 Å². The average Bonchev–Trinajstić information content (AvgIpc) is 2.43. The van der Waals surface area contributed by atoms with Gasteiger partial charge in [-0.25, -0.2) is 4.79 Å². The molecule has 0 N–H and O–H groups in total. The molecular formula is C17H30Cl2O2. The smallest absolute Gasteiger partial charge is 0.333 e. The van der Waals surface area contributed by atoms with E-state index in [1.54, 1.807) is 6.92 Å². The lowest BCUT2D eigenvalue weighted by molar-refractivity contribution is -0.140. The number of hydrogen-bond acceptors (Lipinski definition) is 2. The Morgan fingerprint density at radius 3 is 2.10 bits per heavy atom. The number of rotatable bonds is 10. The molecule has 0 aromatic carbocycles. The largest absolute Gasteiger partial charge is 0.462 e. The van der Waals surface area contributed by atoms with Crippen molar-refractivity contribution in [3.05, 3.63) is 12.2 Å². The van der Waals surface area contributed by atoms with Gasteiger partial charge in [0.2, 0.25) is 0 Å². The first kappa shape index (κ1) is 20.8. The molecule has 0 aliphatic heterocycles. The van der Waals surface area contributed by atoms with E-state index in [4.69, 9.17) is 27.9 Å². The SMILES string of the molecule is C=C(C)C(=O)OCCC(C)(C(C)C)C(CCl)(CCl)CCC. The Morgan fingerprint density at radius 2 is 1.76 bits per heavy atom. The molecule has 0 aromatic heterocycles. The Morgan fingerprint density at radius 1 is 1.24 bits per heavy atom. The minimum absolute atomic E-state index is 0.0815. The molecule has 0 radical (unpaired) electrons. The first-order chi connectivity index (χ1) is 9.70. The summed E-state index contributed by atoms with van der Waals surface area (Å²) in [6.45, 7) is 14.4. The van der Waals surface area contributed by atoms with Crippen LogP contribution in [-0.4, -0.2) is 24.3 Å². The van der Waals surface area contributed by atoms with E-state index < -0.39 is 0 Å². The molecule has 0 rings (SSSR count). The van der Waals surface area contributed by atoms with E-state index in [1.165, 1.54) is 0 Å². The quantitative estimate of drug-likeness (QED) is 0.302. The van der Waals surface area contributed by atoms with Crippen LogP contribution in [0.4, 0.5) is 0 Å². The number of esters is 1. The first-order valence-electron chi connectivity index (χ1n) is 7.65. The molecule has 0 aliphatic carbocycles. The van der Waals surface area contributed by atoms with Crippen LogP contribution in [0.2, 0.25) is 0 Å². The standard InChI is InChI=1S/C17H30Cl2O2/c1-7-8-17(11-18,12-19)16(6,14(4)5)9-10-21-15(20)13(2)3/h14H,2,7-12H2,1,3-6H3. The van der Waals surface area contributed by atoms with E-state index in [-0.39, 0.29) is 16.8 Å². The van der Waals surface area contributed by atoms with Crippen LogP contribution in [0.3, 0.4) is 0 Å². The molecule has 0 saturated carbocycles. The van der Waals surface area contributed by atoms with E-state index in [2.05, 4.69) is 34.3 Å². The highest BCUT2D eigenvalue weighted by Crippen LogP contribution is 2.52. The third kappa shape index (κ3) is 4.89. The van der Waals surface area contributed by atoms with E-state index >= 15 is 0 Å². The molecule has 0 amide bonds. The lowest BCUT2D eigenvalue weighted by Crippen LogP contribution is -2.47. The molecule has 0 heterocycles. The van der Waals surface area contributed by atoms with E-state index in [0.29, 0.717) is 29.9 Å². The van der Waals surface area contributed by atoms with Gasteiger partial charge in [-0.2, -0.15) is 0 Å². The Kier molecular flexibility index (Phi) is 8.96. The summed E-state index contributed by atoms with van der Waals surface area (Å²) in [5.41, 5.74) is 0.201. The van der Waals surface area contributed by atoms with Crippen LogP contribution in [0.25, 0.3) is 0 Å². The number of halogens is 2. The second-order valence-corrected chi connectivity index (χ2v) is 7.07. The maximum atomic E-state index is 11.5. The number of ether oxygens (including phenoxy) is 1. The zero-order valence-corrected chi connectivity index (χ0v) is 15.6. The van der Waals surface area contributed by atoms with Gasteiger partial charge < -0.3 is 4.74 Å². The molecule has 21 heavy (non-hydrogen) atoms. The second kappa shape index (κ2) is 9.05. The topological polar surface area (TPSA) is 26.3 Å². The minimum atomic E-state index is -0.334. The fraction of sp³-hybridized carbons (Fsp3) is 0.824. The van der Waals surface area contributed by atoms with Gasteiger partial charge in [-0.3, -0.25) is 0 Å². The molecule has 1 atom stereocenters. The molecule has 0 aromatic rings. The van der Waals surface area contributed by atoms with E-state index in [0.717, 1.165) is 19.3 Å². The lowest BCUT2D eigenvalue weighted by atomic mass is 9.57. The van der Waals surface area contributed by atoms with Gasteiger partial charge in [-0.05, 0) is 31.1 Å². The molecule has 0 bridgehead atoms. The van der Waals surface area contributed by atoms with Gasteiger partial charge in [-0.15, -0.1) is 23.2 Å². The summed E-state index contributed by atoms with van der Waals surface area (Å²) < 4.78 is 5.29. The van der Waals surface area contributed by atoms with Gasteiger partial charge in [0.1, 0.15) is 0 Å². The predicted molar refractivity (Wildman–Crippen MR) is 92.1 cm³/mol. The van der Waals surface area contributed by atoms with Gasteiger partial charge in [-0.1, -0.05) is 40.7 Å². The summed E-state index contributed by atoms with van der Waals surface area (Å²) >= 11 is 12.6. The van der Waals surface area contributed by atoms with Crippen molar-refractivity contribution in [3.63, 3.8) is 0 Å². The number of hydrogen-bond donors (Lipinski definition) is 0. The number of alkyl halides is 2. The average molecular weight is 337 g/mol. The summed E-state index contributed by atoms with van der Waals surface area (Å²) in [6, 6.07) is 0. The monoisotopic (exact) mass is 336 g/mol.